The summed E-state index contributed by atoms with van der Waals surface area (Å²) in [7, 11) is -0.107. The average molecular weight is 346 g/mol. The summed E-state index contributed by atoms with van der Waals surface area (Å²) in [5.74, 6) is -0.329. The van der Waals surface area contributed by atoms with Gasteiger partial charge in [-0.25, -0.2) is 13.0 Å². The molecule has 0 unspecified atom stereocenters. The Morgan fingerprint density at radius 3 is 2.04 bits per heavy atom. The van der Waals surface area contributed by atoms with Gasteiger partial charge in [-0.05, 0) is 23.3 Å². The van der Waals surface area contributed by atoms with Crippen molar-refractivity contribution in [2.75, 3.05) is 24.7 Å². The number of benzene rings is 1. The van der Waals surface area contributed by atoms with E-state index in [1.54, 1.807) is 0 Å². The average Bonchev–Trinajstić information content (AvgIpc) is 2.53. The highest BCUT2D eigenvalue weighted by Crippen LogP contribution is 2.14. The van der Waals surface area contributed by atoms with Gasteiger partial charge in [0.05, 0.1) is 10.1 Å². The molecule has 0 N–H and O–H groups in total. The molecule has 0 atom stereocenters. The van der Waals surface area contributed by atoms with E-state index >= 15 is 0 Å². The Kier molecular flexibility index (Phi) is 6.11. The maximum Gasteiger partial charge on any atom is 0.169 e. The number of anilines is 1. The zero-order valence-electron chi connectivity index (χ0n) is 13.9. The van der Waals surface area contributed by atoms with E-state index in [1.807, 2.05) is 55.3 Å². The summed E-state index contributed by atoms with van der Waals surface area (Å²) in [4.78, 5) is 2.06. The second-order valence-corrected chi connectivity index (χ2v) is 7.33. The number of aryl methyl sites for hydroxylation is 1. The monoisotopic (exact) mass is 346 g/mol. The fourth-order valence-electron chi connectivity index (χ4n) is 2.23. The minimum Gasteiger partial charge on any atom is -0.748 e. The van der Waals surface area contributed by atoms with Crippen LogP contribution in [-0.4, -0.2) is 32.8 Å². The molecule has 0 radical (unpaired) electrons. The van der Waals surface area contributed by atoms with Gasteiger partial charge in [0.2, 0.25) is 0 Å². The van der Waals surface area contributed by atoms with Gasteiger partial charge in [-0.1, -0.05) is 24.3 Å². The van der Waals surface area contributed by atoms with E-state index in [1.165, 1.54) is 0 Å². The van der Waals surface area contributed by atoms with E-state index in [-0.39, 0.29) is 5.75 Å². The van der Waals surface area contributed by atoms with Crippen LogP contribution in [0.2, 0.25) is 0 Å². The van der Waals surface area contributed by atoms with Crippen molar-refractivity contribution in [3.05, 3.63) is 59.9 Å². The predicted molar refractivity (Wildman–Crippen MR) is 95.5 cm³/mol. The van der Waals surface area contributed by atoms with Gasteiger partial charge >= 0.3 is 0 Å². The van der Waals surface area contributed by atoms with Crippen LogP contribution in [0.3, 0.4) is 0 Å². The molecular weight excluding hydrogens is 324 g/mol. The minimum absolute atomic E-state index is 0.323. The van der Waals surface area contributed by atoms with Gasteiger partial charge < -0.3 is 9.45 Å². The molecule has 0 spiro atoms. The first-order valence-electron chi connectivity index (χ1n) is 7.72. The van der Waals surface area contributed by atoms with E-state index in [4.69, 9.17) is 0 Å². The van der Waals surface area contributed by atoms with Crippen LogP contribution in [0.15, 0.2) is 48.8 Å². The van der Waals surface area contributed by atoms with E-state index in [0.717, 1.165) is 16.8 Å². The van der Waals surface area contributed by atoms with Gasteiger partial charge in [-0.3, -0.25) is 0 Å². The minimum atomic E-state index is -4.13. The van der Waals surface area contributed by atoms with Gasteiger partial charge in [0.1, 0.15) is 6.54 Å². The lowest BCUT2D eigenvalue weighted by molar-refractivity contribution is -0.696. The van der Waals surface area contributed by atoms with Crippen molar-refractivity contribution in [1.82, 2.24) is 0 Å². The van der Waals surface area contributed by atoms with Crippen LogP contribution in [0.5, 0.6) is 0 Å². The van der Waals surface area contributed by atoms with Crippen LogP contribution in [0.4, 0.5) is 5.69 Å². The Morgan fingerprint density at radius 2 is 1.54 bits per heavy atom. The molecular formula is C18H22N2O3S. The largest absolute Gasteiger partial charge is 0.748 e. The fraction of sp³-hybridized carbons (Fsp3) is 0.278. The van der Waals surface area contributed by atoms with Gasteiger partial charge in [-0.15, -0.1) is 0 Å². The summed E-state index contributed by atoms with van der Waals surface area (Å²) in [5, 5.41) is 0. The Balaban J connectivity index is 1.93. The summed E-state index contributed by atoms with van der Waals surface area (Å²) < 4.78 is 33.6. The zero-order chi connectivity index (χ0) is 17.6. The quantitative estimate of drug-likeness (QED) is 0.569. The van der Waals surface area contributed by atoms with Crippen molar-refractivity contribution in [3.8, 4) is 0 Å². The normalized spacial score (nSPS) is 11.8. The molecule has 1 heterocycles. The summed E-state index contributed by atoms with van der Waals surface area (Å²) in [6.45, 7) is 0.511. The van der Waals surface area contributed by atoms with Crippen LogP contribution in [-0.2, 0) is 16.7 Å². The molecule has 2 aromatic rings. The number of nitrogens with zero attached hydrogens (tertiary/aromatic N) is 2. The summed E-state index contributed by atoms with van der Waals surface area (Å²) in [6, 6.07) is 12.2. The molecule has 0 aliphatic rings. The molecule has 0 saturated heterocycles. The Bertz CT molecular complexity index is 780. The molecule has 1 aromatic heterocycles. The number of rotatable bonds is 7. The first-order chi connectivity index (χ1) is 11.3. The lowest BCUT2D eigenvalue weighted by Crippen LogP contribution is -2.33. The molecule has 0 saturated carbocycles. The number of hydrogen-bond donors (Lipinski definition) is 0. The first-order valence-corrected chi connectivity index (χ1v) is 9.29. The second kappa shape index (κ2) is 8.08. The summed E-state index contributed by atoms with van der Waals surface area (Å²) in [5.41, 5.74) is 3.34. The highest BCUT2D eigenvalue weighted by atomic mass is 32.2. The van der Waals surface area contributed by atoms with Crippen molar-refractivity contribution in [2.24, 2.45) is 0 Å². The standard InChI is InChI=1S/C18H22N2O3S/c1-19(2)18-8-6-16(7-9-18)4-5-17-10-13-20(14-11-17)12-3-15-24(21,22)23/h4-11,13-14H,3,12,15H2,1-2H3. The topological polar surface area (TPSA) is 64.3 Å². The second-order valence-electron chi connectivity index (χ2n) is 5.80. The van der Waals surface area contributed by atoms with E-state index in [0.29, 0.717) is 13.0 Å². The first kappa shape index (κ1) is 18.2. The van der Waals surface area contributed by atoms with E-state index < -0.39 is 10.1 Å². The Labute approximate surface area is 143 Å². The van der Waals surface area contributed by atoms with Crippen molar-refractivity contribution in [1.29, 1.82) is 0 Å². The third-order valence-electron chi connectivity index (χ3n) is 3.61. The maximum atomic E-state index is 10.6. The lowest BCUT2D eigenvalue weighted by Gasteiger charge is -2.11. The molecule has 0 amide bonds. The third kappa shape index (κ3) is 6.14. The maximum absolute atomic E-state index is 10.6. The highest BCUT2D eigenvalue weighted by molar-refractivity contribution is 7.85. The molecule has 5 nitrogen and oxygen atoms in total. The molecule has 128 valence electrons. The van der Waals surface area contributed by atoms with Crippen LogP contribution in [0.1, 0.15) is 17.5 Å². The molecule has 6 heteroatoms. The molecule has 1 aromatic carbocycles. The van der Waals surface area contributed by atoms with Gasteiger partial charge in [0.25, 0.3) is 0 Å². The lowest BCUT2D eigenvalue weighted by atomic mass is 10.1. The smallest absolute Gasteiger partial charge is 0.169 e. The predicted octanol–water partition coefficient (Wildman–Crippen LogP) is 2.15. The van der Waals surface area contributed by atoms with Crippen molar-refractivity contribution >= 4 is 28.0 Å². The number of hydrogen-bond acceptors (Lipinski definition) is 4. The molecule has 24 heavy (non-hydrogen) atoms. The van der Waals surface area contributed by atoms with Crippen LogP contribution in [0.25, 0.3) is 12.2 Å². The van der Waals surface area contributed by atoms with Crippen LogP contribution >= 0.6 is 0 Å². The van der Waals surface area contributed by atoms with Gasteiger partial charge in [0, 0.05) is 44.1 Å². The van der Waals surface area contributed by atoms with E-state index in [2.05, 4.69) is 29.2 Å². The third-order valence-corrected chi connectivity index (χ3v) is 4.39. The molecule has 2 rings (SSSR count). The number of aromatic nitrogens is 1. The molecule has 0 aliphatic carbocycles. The van der Waals surface area contributed by atoms with Gasteiger partial charge in [-0.2, -0.15) is 0 Å². The van der Waals surface area contributed by atoms with Gasteiger partial charge in [0.15, 0.2) is 12.4 Å². The zero-order valence-corrected chi connectivity index (χ0v) is 14.7. The van der Waals surface area contributed by atoms with Crippen molar-refractivity contribution < 1.29 is 17.5 Å². The molecule has 0 aliphatic heterocycles. The van der Waals surface area contributed by atoms with E-state index in [9.17, 15) is 13.0 Å². The van der Waals surface area contributed by atoms with Crippen molar-refractivity contribution in [2.45, 2.75) is 13.0 Å². The summed E-state index contributed by atoms with van der Waals surface area (Å²) in [6.07, 6.45) is 8.16. The summed E-state index contributed by atoms with van der Waals surface area (Å²) >= 11 is 0. The van der Waals surface area contributed by atoms with Crippen LogP contribution < -0.4 is 9.47 Å². The Hall–Kier alpha value is -2.18. The van der Waals surface area contributed by atoms with Crippen LogP contribution in [0, 0.1) is 0 Å². The number of pyridine rings is 1. The SMILES string of the molecule is CN(C)c1ccc(/C=C/c2cc[n+](CCCS(=O)(=O)[O-])cc2)cc1. The molecule has 0 fully saturated rings. The highest BCUT2D eigenvalue weighted by Gasteiger charge is 2.02. The fourth-order valence-corrected chi connectivity index (χ4v) is 2.71. The van der Waals surface area contributed by atoms with Crippen molar-refractivity contribution in [3.63, 3.8) is 0 Å². The molecule has 0 bridgehead atoms. The Morgan fingerprint density at radius 1 is 1.00 bits per heavy atom.